The van der Waals surface area contributed by atoms with Crippen molar-refractivity contribution in [3.63, 3.8) is 0 Å². The second kappa shape index (κ2) is 6.05. The predicted molar refractivity (Wildman–Crippen MR) is 87.7 cm³/mol. The number of aromatic nitrogens is 1. The summed E-state index contributed by atoms with van der Waals surface area (Å²) in [6.45, 7) is 4.04. The zero-order valence-corrected chi connectivity index (χ0v) is 13.4. The summed E-state index contributed by atoms with van der Waals surface area (Å²) in [5, 5.41) is 0. The maximum atomic E-state index is 12.4. The number of H-pyrrole nitrogens is 1. The molecule has 3 heterocycles. The maximum absolute atomic E-state index is 12.4. The number of carbonyl (C=O) groups excluding carboxylic acids is 2. The van der Waals surface area contributed by atoms with Gasteiger partial charge in [0.15, 0.2) is 6.67 Å². The van der Waals surface area contributed by atoms with Gasteiger partial charge in [-0.1, -0.05) is 18.2 Å². The van der Waals surface area contributed by atoms with Gasteiger partial charge in [-0.2, -0.15) is 0 Å². The fraction of sp³-hybridized carbons (Fsp3) is 0.278. The molecule has 1 saturated heterocycles. The molecule has 0 saturated carbocycles. The second-order valence-electron chi connectivity index (χ2n) is 6.23. The van der Waals surface area contributed by atoms with Crippen LogP contribution in [-0.4, -0.2) is 49.6 Å². The summed E-state index contributed by atoms with van der Waals surface area (Å²) in [5.74, 6) is 0.779. The van der Waals surface area contributed by atoms with Gasteiger partial charge in [0.05, 0.1) is 17.3 Å². The number of imide groups is 1. The summed E-state index contributed by atoms with van der Waals surface area (Å²) < 4.78 is 0. The third-order valence-corrected chi connectivity index (χ3v) is 4.76. The Morgan fingerprint density at radius 1 is 0.917 bits per heavy atom. The first-order chi connectivity index (χ1) is 11.7. The molecular weight excluding hydrogens is 304 g/mol. The number of benzene rings is 1. The number of piperazine rings is 1. The molecule has 2 aromatic rings. The van der Waals surface area contributed by atoms with Crippen LogP contribution >= 0.6 is 0 Å². The van der Waals surface area contributed by atoms with E-state index in [-0.39, 0.29) is 11.8 Å². The van der Waals surface area contributed by atoms with Crippen LogP contribution in [0.3, 0.4) is 0 Å². The van der Waals surface area contributed by atoms with Crippen LogP contribution in [0.5, 0.6) is 0 Å². The van der Waals surface area contributed by atoms with Crippen molar-refractivity contribution in [1.82, 2.24) is 4.90 Å². The molecule has 4 rings (SSSR count). The van der Waals surface area contributed by atoms with Crippen LogP contribution in [0.2, 0.25) is 0 Å². The minimum Gasteiger partial charge on any atom is -0.311 e. The van der Waals surface area contributed by atoms with E-state index in [4.69, 9.17) is 0 Å². The van der Waals surface area contributed by atoms with Crippen molar-refractivity contribution in [1.29, 1.82) is 0 Å². The number of quaternary nitrogens is 1. The van der Waals surface area contributed by atoms with E-state index in [1.54, 1.807) is 24.3 Å². The molecule has 122 valence electrons. The Labute approximate surface area is 140 Å². The Morgan fingerprint density at radius 2 is 1.54 bits per heavy atom. The highest BCUT2D eigenvalue weighted by atomic mass is 16.2. The van der Waals surface area contributed by atoms with E-state index in [0.29, 0.717) is 17.8 Å². The summed E-state index contributed by atoms with van der Waals surface area (Å²) in [4.78, 5) is 33.1. The largest absolute Gasteiger partial charge is 0.311 e. The quantitative estimate of drug-likeness (QED) is 0.772. The van der Waals surface area contributed by atoms with Crippen molar-refractivity contribution in [2.45, 2.75) is 0 Å². The van der Waals surface area contributed by atoms with Crippen LogP contribution in [0.4, 0.5) is 5.82 Å². The van der Waals surface area contributed by atoms with Gasteiger partial charge in [0, 0.05) is 6.07 Å². The van der Waals surface area contributed by atoms with Crippen LogP contribution in [0.15, 0.2) is 48.7 Å². The van der Waals surface area contributed by atoms with E-state index in [0.717, 1.165) is 32.0 Å². The van der Waals surface area contributed by atoms with Crippen molar-refractivity contribution < 1.29 is 19.5 Å². The summed E-state index contributed by atoms with van der Waals surface area (Å²) in [7, 11) is 0. The molecule has 2 aliphatic rings. The Hall–Kier alpha value is -2.73. The number of anilines is 1. The van der Waals surface area contributed by atoms with Crippen LogP contribution < -0.4 is 14.8 Å². The number of aromatic amines is 1. The van der Waals surface area contributed by atoms with Gasteiger partial charge in [-0.3, -0.25) is 14.5 Å². The van der Waals surface area contributed by atoms with E-state index < -0.39 is 0 Å². The number of fused-ring (bicyclic) bond motifs is 1. The van der Waals surface area contributed by atoms with Crippen molar-refractivity contribution in [2.24, 2.45) is 0 Å². The summed E-state index contributed by atoms with van der Waals surface area (Å²) in [6, 6.07) is 13.1. The van der Waals surface area contributed by atoms with Gasteiger partial charge in [0.25, 0.3) is 17.6 Å². The number of pyridine rings is 1. The Morgan fingerprint density at radius 3 is 2.12 bits per heavy atom. The van der Waals surface area contributed by atoms with Gasteiger partial charge in [-0.25, -0.2) is 9.88 Å². The SMILES string of the molecule is O=C1c2ccccc2C(=O)N1C[NH+]1CCN(c2cccc[nH+]2)CC1. The molecule has 1 aromatic carbocycles. The molecule has 1 fully saturated rings. The van der Waals surface area contributed by atoms with Crippen LogP contribution in [0.1, 0.15) is 20.7 Å². The lowest BCUT2D eigenvalue weighted by atomic mass is 10.1. The van der Waals surface area contributed by atoms with Gasteiger partial charge in [-0.05, 0) is 18.2 Å². The normalized spacial score (nSPS) is 18.2. The monoisotopic (exact) mass is 324 g/mol. The van der Waals surface area contributed by atoms with Crippen molar-refractivity contribution in [3.8, 4) is 0 Å². The number of hydrogen-bond acceptors (Lipinski definition) is 3. The first-order valence-electron chi connectivity index (χ1n) is 8.24. The second-order valence-corrected chi connectivity index (χ2v) is 6.23. The molecule has 2 amide bonds. The highest BCUT2D eigenvalue weighted by Crippen LogP contribution is 2.21. The van der Waals surface area contributed by atoms with E-state index in [2.05, 4.69) is 16.0 Å². The highest BCUT2D eigenvalue weighted by molar-refractivity contribution is 6.21. The maximum Gasteiger partial charge on any atom is 0.274 e. The van der Waals surface area contributed by atoms with Gasteiger partial charge in [0.1, 0.15) is 26.2 Å². The fourth-order valence-electron chi connectivity index (χ4n) is 3.41. The molecule has 2 N–H and O–H groups in total. The average Bonchev–Trinajstić information content (AvgIpc) is 2.88. The fourth-order valence-corrected chi connectivity index (χ4v) is 3.41. The van der Waals surface area contributed by atoms with Crippen molar-refractivity contribution >= 4 is 17.6 Å². The molecule has 6 heteroatoms. The molecule has 0 radical (unpaired) electrons. The van der Waals surface area contributed by atoms with Crippen LogP contribution in [0.25, 0.3) is 0 Å². The highest BCUT2D eigenvalue weighted by Gasteiger charge is 2.38. The predicted octanol–water partition coefficient (Wildman–Crippen LogP) is -0.541. The van der Waals surface area contributed by atoms with Crippen LogP contribution in [-0.2, 0) is 0 Å². The van der Waals surface area contributed by atoms with Crippen molar-refractivity contribution in [2.75, 3.05) is 37.7 Å². The van der Waals surface area contributed by atoms with E-state index >= 15 is 0 Å². The Bertz CT molecular complexity index is 735. The molecule has 0 spiro atoms. The number of rotatable bonds is 3. The average molecular weight is 324 g/mol. The van der Waals surface area contributed by atoms with Crippen molar-refractivity contribution in [3.05, 3.63) is 59.8 Å². The minimum absolute atomic E-state index is 0.165. The van der Waals surface area contributed by atoms with E-state index in [1.807, 2.05) is 18.3 Å². The number of amides is 2. The van der Waals surface area contributed by atoms with E-state index in [1.165, 1.54) is 9.80 Å². The number of carbonyl (C=O) groups is 2. The molecule has 2 aliphatic heterocycles. The molecule has 0 aliphatic carbocycles. The third kappa shape index (κ3) is 2.55. The first kappa shape index (κ1) is 14.8. The van der Waals surface area contributed by atoms with E-state index in [9.17, 15) is 9.59 Å². The Kier molecular flexibility index (Phi) is 3.74. The topological polar surface area (TPSA) is 59.2 Å². The summed E-state index contributed by atoms with van der Waals surface area (Å²) in [6.07, 6.45) is 1.92. The van der Waals surface area contributed by atoms with Gasteiger partial charge < -0.3 is 4.90 Å². The summed E-state index contributed by atoms with van der Waals surface area (Å²) >= 11 is 0. The molecule has 6 nitrogen and oxygen atoms in total. The third-order valence-electron chi connectivity index (χ3n) is 4.76. The zero-order chi connectivity index (χ0) is 16.5. The Balaban J connectivity index is 1.40. The number of nitrogens with one attached hydrogen (secondary N) is 2. The summed E-state index contributed by atoms with van der Waals surface area (Å²) in [5.41, 5.74) is 1.05. The number of nitrogens with zero attached hydrogens (tertiary/aromatic N) is 2. The standard InChI is InChI=1S/C18H18N4O2/c23-17-14-5-1-2-6-15(14)18(24)22(17)13-20-9-11-21(12-10-20)16-7-3-4-8-19-16/h1-8H,9-13H2/p+2. The lowest BCUT2D eigenvalue weighted by molar-refractivity contribution is -0.907. The smallest absolute Gasteiger partial charge is 0.274 e. The molecular formula is C18H20N4O2+2. The molecule has 1 aromatic heterocycles. The van der Waals surface area contributed by atoms with Crippen LogP contribution in [0, 0.1) is 0 Å². The van der Waals surface area contributed by atoms with Gasteiger partial charge >= 0.3 is 0 Å². The minimum atomic E-state index is -0.165. The zero-order valence-electron chi connectivity index (χ0n) is 13.4. The van der Waals surface area contributed by atoms with Gasteiger partial charge in [-0.15, -0.1) is 0 Å². The molecule has 0 unspecified atom stereocenters. The van der Waals surface area contributed by atoms with Gasteiger partial charge in [0.2, 0.25) is 0 Å². The number of hydrogen-bond donors (Lipinski definition) is 1. The molecule has 0 atom stereocenters. The lowest BCUT2D eigenvalue weighted by Crippen LogP contribution is -3.16. The first-order valence-corrected chi connectivity index (χ1v) is 8.24. The molecule has 0 bridgehead atoms. The molecule has 24 heavy (non-hydrogen) atoms. The lowest BCUT2D eigenvalue weighted by Gasteiger charge is -2.30.